The van der Waals surface area contributed by atoms with Gasteiger partial charge in [-0.05, 0) is 6.92 Å². The van der Waals surface area contributed by atoms with Gasteiger partial charge in [0, 0.05) is 6.42 Å². The van der Waals surface area contributed by atoms with Crippen molar-refractivity contribution in [1.29, 1.82) is 0 Å². The maximum atomic E-state index is 12.0. The zero-order valence-electron chi connectivity index (χ0n) is 10.3. The maximum Gasteiger partial charge on any atom is 0.252 e. The van der Waals surface area contributed by atoms with Crippen LogP contribution in [0.4, 0.5) is 0 Å². The van der Waals surface area contributed by atoms with E-state index in [0.717, 1.165) is 11.3 Å². The van der Waals surface area contributed by atoms with E-state index < -0.39 is 10.0 Å². The van der Waals surface area contributed by atoms with Gasteiger partial charge in [0.15, 0.2) is 8.68 Å². The summed E-state index contributed by atoms with van der Waals surface area (Å²) in [7, 11) is -3.64. The molecule has 0 saturated heterocycles. The number of nitrogens with zero attached hydrogens (tertiary/aromatic N) is 2. The molecule has 2 heterocycles. The molecule has 2 aromatic rings. The van der Waals surface area contributed by atoms with Crippen LogP contribution in [0.2, 0.25) is 4.47 Å². The van der Waals surface area contributed by atoms with Crippen LogP contribution in [0.3, 0.4) is 0 Å². The van der Waals surface area contributed by atoms with Gasteiger partial charge in [0.05, 0.1) is 18.4 Å². The summed E-state index contributed by atoms with van der Waals surface area (Å²) in [5.74, 6) is 1.04. The van der Waals surface area contributed by atoms with Crippen molar-refractivity contribution in [2.75, 3.05) is 0 Å². The zero-order valence-corrected chi connectivity index (χ0v) is 12.7. The number of aromatic nitrogens is 2. The molecular weight excluding hydrogens is 310 g/mol. The lowest BCUT2D eigenvalue weighted by Crippen LogP contribution is -2.23. The minimum Gasteiger partial charge on any atom is -0.444 e. The molecule has 0 saturated carbocycles. The Morgan fingerprint density at radius 1 is 1.53 bits per heavy atom. The molecule has 0 radical (unpaired) electrons. The van der Waals surface area contributed by atoms with Crippen LogP contribution >= 0.6 is 22.9 Å². The van der Waals surface area contributed by atoms with Crippen molar-refractivity contribution in [2.24, 2.45) is 0 Å². The molecule has 2 aromatic heterocycles. The van der Waals surface area contributed by atoms with Gasteiger partial charge in [-0.25, -0.2) is 23.1 Å². The predicted octanol–water partition coefficient (Wildman–Crippen LogP) is 2.13. The van der Waals surface area contributed by atoms with Gasteiger partial charge in [-0.3, -0.25) is 0 Å². The molecule has 6 nitrogen and oxygen atoms in total. The van der Waals surface area contributed by atoms with Crippen molar-refractivity contribution in [3.05, 3.63) is 28.0 Å². The lowest BCUT2D eigenvalue weighted by atomic mass is 10.4. The Morgan fingerprint density at radius 3 is 2.79 bits per heavy atom. The Morgan fingerprint density at radius 2 is 2.26 bits per heavy atom. The largest absolute Gasteiger partial charge is 0.444 e. The van der Waals surface area contributed by atoms with Crippen LogP contribution in [0.25, 0.3) is 0 Å². The number of oxazole rings is 1. The monoisotopic (exact) mass is 321 g/mol. The molecule has 1 N–H and O–H groups in total. The van der Waals surface area contributed by atoms with Gasteiger partial charge in [-0.1, -0.05) is 29.9 Å². The molecule has 0 aliphatic rings. The van der Waals surface area contributed by atoms with Crippen LogP contribution in [-0.2, 0) is 23.0 Å². The molecule has 0 atom stereocenters. The van der Waals surface area contributed by atoms with Crippen molar-refractivity contribution >= 4 is 33.0 Å². The van der Waals surface area contributed by atoms with E-state index in [2.05, 4.69) is 14.7 Å². The van der Waals surface area contributed by atoms with Crippen molar-refractivity contribution in [3.63, 3.8) is 0 Å². The molecule has 0 aliphatic heterocycles. The van der Waals surface area contributed by atoms with Crippen LogP contribution in [-0.4, -0.2) is 18.4 Å². The lowest BCUT2D eigenvalue weighted by molar-refractivity contribution is 0.452. The number of halogens is 1. The van der Waals surface area contributed by atoms with Gasteiger partial charge in [0.2, 0.25) is 5.89 Å². The summed E-state index contributed by atoms with van der Waals surface area (Å²) in [5, 5.41) is 0. The third-order valence-corrected chi connectivity index (χ3v) is 5.61. The van der Waals surface area contributed by atoms with Crippen molar-refractivity contribution in [3.8, 4) is 0 Å². The number of aryl methyl sites for hydroxylation is 2. The molecule has 0 bridgehead atoms. The number of hydrogen-bond donors (Lipinski definition) is 1. The highest BCUT2D eigenvalue weighted by Crippen LogP contribution is 2.26. The fourth-order valence-corrected chi connectivity index (χ4v) is 4.17. The molecular formula is C10H12ClN3O3S2. The highest BCUT2D eigenvalue weighted by Gasteiger charge is 2.21. The van der Waals surface area contributed by atoms with E-state index in [1.807, 2.05) is 6.92 Å². The predicted molar refractivity (Wildman–Crippen MR) is 71.8 cm³/mol. The van der Waals surface area contributed by atoms with Crippen molar-refractivity contribution in [1.82, 2.24) is 14.7 Å². The summed E-state index contributed by atoms with van der Waals surface area (Å²) < 4.78 is 32.1. The van der Waals surface area contributed by atoms with Crippen molar-refractivity contribution < 1.29 is 12.8 Å². The smallest absolute Gasteiger partial charge is 0.252 e. The molecule has 0 aliphatic carbocycles. The summed E-state index contributed by atoms with van der Waals surface area (Å²) in [6.07, 6.45) is 2.29. The van der Waals surface area contributed by atoms with Gasteiger partial charge in [0.1, 0.15) is 5.76 Å². The first-order valence-corrected chi connectivity index (χ1v) is 8.16. The highest BCUT2D eigenvalue weighted by atomic mass is 35.5. The summed E-state index contributed by atoms with van der Waals surface area (Å²) in [6.45, 7) is 3.52. The van der Waals surface area contributed by atoms with E-state index in [1.165, 1.54) is 0 Å². The number of thiazole rings is 1. The van der Waals surface area contributed by atoms with E-state index >= 15 is 0 Å². The van der Waals surface area contributed by atoms with Crippen molar-refractivity contribution in [2.45, 2.75) is 31.0 Å². The molecule has 19 heavy (non-hydrogen) atoms. The van der Waals surface area contributed by atoms with E-state index in [-0.39, 0.29) is 15.2 Å². The molecule has 0 fully saturated rings. The third kappa shape index (κ3) is 3.33. The fraction of sp³-hybridized carbons (Fsp3) is 0.400. The first kappa shape index (κ1) is 14.4. The summed E-state index contributed by atoms with van der Waals surface area (Å²) >= 11 is 6.61. The number of nitrogens with one attached hydrogen (secondary N) is 1. The van der Waals surface area contributed by atoms with Gasteiger partial charge < -0.3 is 4.42 Å². The Hall–Kier alpha value is -0.960. The minimum atomic E-state index is -3.64. The molecule has 0 aromatic carbocycles. The molecule has 0 spiro atoms. The molecule has 104 valence electrons. The Bertz CT molecular complexity index is 678. The second-order valence-electron chi connectivity index (χ2n) is 3.74. The van der Waals surface area contributed by atoms with Gasteiger partial charge in [-0.2, -0.15) is 0 Å². The SMILES string of the molecule is CCc1cnc(CNS(=O)(=O)c2sc(Cl)nc2C)o1. The van der Waals surface area contributed by atoms with Crippen LogP contribution < -0.4 is 4.72 Å². The average molecular weight is 322 g/mol. The summed E-state index contributed by atoms with van der Waals surface area (Å²) in [6, 6.07) is 0. The Labute approximate surface area is 119 Å². The van der Waals surface area contributed by atoms with E-state index in [0.29, 0.717) is 23.8 Å². The normalized spacial score (nSPS) is 11.9. The van der Waals surface area contributed by atoms with Gasteiger partial charge >= 0.3 is 0 Å². The fourth-order valence-electron chi connectivity index (χ4n) is 1.42. The quantitative estimate of drug-likeness (QED) is 0.911. The number of hydrogen-bond acceptors (Lipinski definition) is 6. The minimum absolute atomic E-state index is 0.00269. The van der Waals surface area contributed by atoms with Crippen LogP contribution in [0.5, 0.6) is 0 Å². The zero-order chi connectivity index (χ0) is 14.0. The van der Waals surface area contributed by atoms with Crippen LogP contribution in [0.1, 0.15) is 24.3 Å². The Kier molecular flexibility index (Phi) is 4.24. The number of sulfonamides is 1. The standard InChI is InChI=1S/C10H12ClN3O3S2/c1-3-7-4-12-8(17-7)5-13-19(15,16)9-6(2)14-10(11)18-9/h4,13H,3,5H2,1-2H3. The topological polar surface area (TPSA) is 85.1 Å². The number of rotatable bonds is 5. The van der Waals surface area contributed by atoms with E-state index in [9.17, 15) is 8.42 Å². The maximum absolute atomic E-state index is 12.0. The van der Waals surface area contributed by atoms with Gasteiger partial charge in [-0.15, -0.1) is 0 Å². The highest BCUT2D eigenvalue weighted by molar-refractivity contribution is 7.91. The second kappa shape index (κ2) is 5.58. The van der Waals surface area contributed by atoms with Crippen LogP contribution in [0.15, 0.2) is 14.8 Å². The summed E-state index contributed by atoms with van der Waals surface area (Å²) in [5.41, 5.74) is 0.379. The van der Waals surface area contributed by atoms with Gasteiger partial charge in [0.25, 0.3) is 10.0 Å². The third-order valence-electron chi connectivity index (χ3n) is 2.34. The Balaban J connectivity index is 2.11. The average Bonchev–Trinajstić information content (AvgIpc) is 2.93. The molecule has 9 heteroatoms. The van der Waals surface area contributed by atoms with Crippen LogP contribution in [0, 0.1) is 6.92 Å². The summed E-state index contributed by atoms with van der Waals surface area (Å²) in [4.78, 5) is 7.85. The van der Waals surface area contributed by atoms with E-state index in [1.54, 1.807) is 13.1 Å². The second-order valence-corrected chi connectivity index (χ2v) is 7.28. The lowest BCUT2D eigenvalue weighted by Gasteiger charge is -2.02. The first-order valence-electron chi connectivity index (χ1n) is 5.48. The van der Waals surface area contributed by atoms with E-state index in [4.69, 9.17) is 16.0 Å². The molecule has 2 rings (SSSR count). The molecule has 0 amide bonds. The molecule has 0 unspecified atom stereocenters. The first-order chi connectivity index (χ1) is 8.92.